The SMILES string of the molecule is CN(C)C1Cc2cccc3[nH]cc(c23)C1. The van der Waals surface area contributed by atoms with Gasteiger partial charge in [0, 0.05) is 23.1 Å². The number of nitrogens with one attached hydrogen (secondary N) is 1. The van der Waals surface area contributed by atoms with Crippen molar-refractivity contribution in [1.29, 1.82) is 0 Å². The molecule has 1 aliphatic carbocycles. The molecule has 1 aromatic heterocycles. The number of H-pyrrole nitrogens is 1. The minimum atomic E-state index is 0.652. The quantitative estimate of drug-likeness (QED) is 0.747. The Morgan fingerprint density at radius 1 is 1.20 bits per heavy atom. The third-order valence-electron chi connectivity index (χ3n) is 3.52. The Kier molecular flexibility index (Phi) is 1.86. The van der Waals surface area contributed by atoms with E-state index in [4.69, 9.17) is 0 Å². The zero-order valence-corrected chi connectivity index (χ0v) is 9.25. The van der Waals surface area contributed by atoms with Gasteiger partial charge in [-0.2, -0.15) is 0 Å². The zero-order chi connectivity index (χ0) is 10.4. The van der Waals surface area contributed by atoms with Gasteiger partial charge in [-0.25, -0.2) is 0 Å². The lowest BCUT2D eigenvalue weighted by Gasteiger charge is -2.28. The lowest BCUT2D eigenvalue weighted by molar-refractivity contribution is 0.287. The Labute approximate surface area is 89.9 Å². The number of benzene rings is 1. The number of nitrogens with zero attached hydrogens (tertiary/aromatic N) is 1. The zero-order valence-electron chi connectivity index (χ0n) is 9.25. The summed E-state index contributed by atoms with van der Waals surface area (Å²) < 4.78 is 0. The fourth-order valence-electron chi connectivity index (χ4n) is 2.61. The van der Waals surface area contributed by atoms with E-state index < -0.39 is 0 Å². The van der Waals surface area contributed by atoms with E-state index in [2.05, 4.69) is 48.4 Å². The summed E-state index contributed by atoms with van der Waals surface area (Å²) in [7, 11) is 4.34. The summed E-state index contributed by atoms with van der Waals surface area (Å²) in [6.45, 7) is 0. The molecule has 2 nitrogen and oxygen atoms in total. The Bertz CT molecular complexity index is 496. The molecule has 1 N–H and O–H groups in total. The molecule has 0 aliphatic heterocycles. The van der Waals surface area contributed by atoms with Crippen LogP contribution in [0.2, 0.25) is 0 Å². The maximum atomic E-state index is 3.36. The van der Waals surface area contributed by atoms with Crippen LogP contribution in [0.15, 0.2) is 24.4 Å². The molecule has 0 saturated carbocycles. The second-order valence-corrected chi connectivity index (χ2v) is 4.68. The van der Waals surface area contributed by atoms with E-state index in [1.165, 1.54) is 34.9 Å². The molecule has 1 aromatic carbocycles. The first-order valence-electron chi connectivity index (χ1n) is 5.50. The Hall–Kier alpha value is -1.28. The van der Waals surface area contributed by atoms with Crippen molar-refractivity contribution < 1.29 is 0 Å². The lowest BCUT2D eigenvalue weighted by atomic mass is 9.89. The van der Waals surface area contributed by atoms with Crippen molar-refractivity contribution in [1.82, 2.24) is 9.88 Å². The monoisotopic (exact) mass is 200 g/mol. The van der Waals surface area contributed by atoms with Crippen LogP contribution >= 0.6 is 0 Å². The van der Waals surface area contributed by atoms with Gasteiger partial charge in [-0.05, 0) is 44.1 Å². The van der Waals surface area contributed by atoms with Crippen LogP contribution in [0.3, 0.4) is 0 Å². The van der Waals surface area contributed by atoms with Crippen LogP contribution < -0.4 is 0 Å². The van der Waals surface area contributed by atoms with Crippen LogP contribution in [0.4, 0.5) is 0 Å². The second kappa shape index (κ2) is 3.11. The van der Waals surface area contributed by atoms with E-state index in [0.717, 1.165) is 0 Å². The predicted molar refractivity (Wildman–Crippen MR) is 63.2 cm³/mol. The molecule has 1 heterocycles. The van der Waals surface area contributed by atoms with Gasteiger partial charge in [-0.1, -0.05) is 12.1 Å². The highest BCUT2D eigenvalue weighted by molar-refractivity contribution is 5.87. The normalized spacial score (nSPS) is 20.1. The molecule has 0 radical (unpaired) electrons. The Morgan fingerprint density at radius 3 is 2.80 bits per heavy atom. The van der Waals surface area contributed by atoms with Crippen molar-refractivity contribution in [3.05, 3.63) is 35.5 Å². The second-order valence-electron chi connectivity index (χ2n) is 4.68. The first kappa shape index (κ1) is 8.98. The van der Waals surface area contributed by atoms with Crippen LogP contribution in [0.5, 0.6) is 0 Å². The molecule has 78 valence electrons. The maximum Gasteiger partial charge on any atom is 0.0459 e. The first-order chi connectivity index (χ1) is 7.25. The van der Waals surface area contributed by atoms with Gasteiger partial charge in [-0.3, -0.25) is 0 Å². The summed E-state index contributed by atoms with van der Waals surface area (Å²) in [6, 6.07) is 7.22. The smallest absolute Gasteiger partial charge is 0.0459 e. The minimum Gasteiger partial charge on any atom is -0.361 e. The Balaban J connectivity index is 2.16. The van der Waals surface area contributed by atoms with Crippen LogP contribution in [0, 0.1) is 0 Å². The highest BCUT2D eigenvalue weighted by Gasteiger charge is 2.22. The molecule has 1 atom stereocenters. The van der Waals surface area contributed by atoms with E-state index in [1.807, 2.05) is 0 Å². The van der Waals surface area contributed by atoms with Gasteiger partial charge in [0.15, 0.2) is 0 Å². The summed E-state index contributed by atoms with van der Waals surface area (Å²) in [5.74, 6) is 0. The molecule has 2 aromatic rings. The Morgan fingerprint density at radius 2 is 2.00 bits per heavy atom. The fraction of sp³-hybridized carbons (Fsp3) is 0.385. The van der Waals surface area contributed by atoms with Crippen molar-refractivity contribution in [2.75, 3.05) is 14.1 Å². The average molecular weight is 200 g/mol. The standard InChI is InChI=1S/C13H16N2/c1-15(2)11-6-9-4-3-5-12-13(9)10(7-11)8-14-12/h3-5,8,11,14H,6-7H2,1-2H3. The fourth-order valence-corrected chi connectivity index (χ4v) is 2.61. The number of aromatic nitrogens is 1. The molecular weight excluding hydrogens is 184 g/mol. The maximum absolute atomic E-state index is 3.36. The molecular formula is C13H16N2. The molecule has 0 bridgehead atoms. The number of likely N-dealkylation sites (N-methyl/N-ethyl adjacent to an activating group) is 1. The van der Waals surface area contributed by atoms with Crippen molar-refractivity contribution in [2.24, 2.45) is 0 Å². The van der Waals surface area contributed by atoms with Crippen LogP contribution in [-0.2, 0) is 12.8 Å². The number of hydrogen-bond donors (Lipinski definition) is 1. The molecule has 0 fully saturated rings. The average Bonchev–Trinajstić information content (AvgIpc) is 2.64. The van der Waals surface area contributed by atoms with E-state index >= 15 is 0 Å². The third-order valence-corrected chi connectivity index (χ3v) is 3.52. The van der Waals surface area contributed by atoms with Gasteiger partial charge < -0.3 is 9.88 Å². The highest BCUT2D eigenvalue weighted by Crippen LogP contribution is 2.30. The number of rotatable bonds is 1. The first-order valence-corrected chi connectivity index (χ1v) is 5.50. The van der Waals surface area contributed by atoms with Gasteiger partial charge in [0.25, 0.3) is 0 Å². The summed E-state index contributed by atoms with van der Waals surface area (Å²) >= 11 is 0. The summed E-state index contributed by atoms with van der Waals surface area (Å²) in [6.07, 6.45) is 4.52. The van der Waals surface area contributed by atoms with Crippen molar-refractivity contribution >= 4 is 10.9 Å². The summed E-state index contributed by atoms with van der Waals surface area (Å²) in [5.41, 5.74) is 4.26. The van der Waals surface area contributed by atoms with Crippen LogP contribution in [-0.4, -0.2) is 30.0 Å². The minimum absolute atomic E-state index is 0.652. The van der Waals surface area contributed by atoms with E-state index in [0.29, 0.717) is 6.04 Å². The highest BCUT2D eigenvalue weighted by atomic mass is 15.1. The van der Waals surface area contributed by atoms with Crippen molar-refractivity contribution in [3.8, 4) is 0 Å². The summed E-state index contributed by atoms with van der Waals surface area (Å²) in [4.78, 5) is 5.69. The molecule has 1 aliphatic rings. The predicted octanol–water partition coefficient (Wildman–Crippen LogP) is 2.20. The van der Waals surface area contributed by atoms with Crippen molar-refractivity contribution in [2.45, 2.75) is 18.9 Å². The van der Waals surface area contributed by atoms with Gasteiger partial charge in [0.2, 0.25) is 0 Å². The lowest BCUT2D eigenvalue weighted by Crippen LogP contribution is -2.33. The van der Waals surface area contributed by atoms with Gasteiger partial charge in [0.05, 0.1) is 0 Å². The van der Waals surface area contributed by atoms with Crippen LogP contribution in [0.1, 0.15) is 11.1 Å². The van der Waals surface area contributed by atoms with Crippen LogP contribution in [0.25, 0.3) is 10.9 Å². The molecule has 2 heteroatoms. The summed E-state index contributed by atoms with van der Waals surface area (Å²) in [5, 5.41) is 1.47. The van der Waals surface area contributed by atoms with Gasteiger partial charge >= 0.3 is 0 Å². The van der Waals surface area contributed by atoms with E-state index in [9.17, 15) is 0 Å². The molecule has 1 unspecified atom stereocenters. The van der Waals surface area contributed by atoms with E-state index in [-0.39, 0.29) is 0 Å². The molecule has 0 saturated heterocycles. The van der Waals surface area contributed by atoms with Gasteiger partial charge in [0.1, 0.15) is 0 Å². The molecule has 0 spiro atoms. The largest absolute Gasteiger partial charge is 0.361 e. The van der Waals surface area contributed by atoms with E-state index in [1.54, 1.807) is 0 Å². The topological polar surface area (TPSA) is 19.0 Å². The van der Waals surface area contributed by atoms with Gasteiger partial charge in [-0.15, -0.1) is 0 Å². The number of hydrogen-bond acceptors (Lipinski definition) is 1. The third kappa shape index (κ3) is 1.29. The molecule has 0 amide bonds. The number of aromatic amines is 1. The molecule has 15 heavy (non-hydrogen) atoms. The molecule has 3 rings (SSSR count). The van der Waals surface area contributed by atoms with Crippen molar-refractivity contribution in [3.63, 3.8) is 0 Å².